The van der Waals surface area contributed by atoms with Crippen LogP contribution in [0.3, 0.4) is 0 Å². The quantitative estimate of drug-likeness (QED) is 0.0874. The van der Waals surface area contributed by atoms with Gasteiger partial charge in [0.25, 0.3) is 0 Å². The molecule has 33 heavy (non-hydrogen) atoms. The molecule has 0 saturated carbocycles. The van der Waals surface area contributed by atoms with Gasteiger partial charge in [-0.1, -0.05) is 129 Å². The van der Waals surface area contributed by atoms with Gasteiger partial charge in [0.2, 0.25) is 5.91 Å². The highest BCUT2D eigenvalue weighted by atomic mass is 16.3. The molecular formula is C28H57NO4. The predicted octanol–water partition coefficient (Wildman–Crippen LogP) is 6.76. The standard InChI is InChI=1S/C28H57NO4/c1-3-5-7-9-11-12-13-14-15-17-18-20-22-25(30)26(31)24-28(33)29-27(32)23-21-19-16-10-8-6-4-2/h25-26,28,30-31,33H,3-24H2,1-2H3,(H,29,32). The van der Waals surface area contributed by atoms with Gasteiger partial charge in [0.05, 0.1) is 12.2 Å². The Hall–Kier alpha value is -0.650. The van der Waals surface area contributed by atoms with Crippen LogP contribution in [0, 0.1) is 0 Å². The van der Waals surface area contributed by atoms with E-state index < -0.39 is 18.4 Å². The van der Waals surface area contributed by atoms with Gasteiger partial charge in [0.15, 0.2) is 0 Å². The molecule has 4 N–H and O–H groups in total. The van der Waals surface area contributed by atoms with Crippen LogP contribution in [0.4, 0.5) is 0 Å². The molecule has 0 radical (unpaired) electrons. The number of carbonyl (C=O) groups is 1. The number of aliphatic hydroxyl groups excluding tert-OH is 3. The molecule has 0 aromatic heterocycles. The van der Waals surface area contributed by atoms with Crippen LogP contribution in [0.2, 0.25) is 0 Å². The minimum atomic E-state index is -1.10. The maximum Gasteiger partial charge on any atom is 0.221 e. The van der Waals surface area contributed by atoms with Crippen molar-refractivity contribution in [3.8, 4) is 0 Å². The number of hydrogen-bond donors (Lipinski definition) is 4. The average molecular weight is 472 g/mol. The van der Waals surface area contributed by atoms with Crippen LogP contribution < -0.4 is 5.32 Å². The van der Waals surface area contributed by atoms with E-state index in [0.29, 0.717) is 12.8 Å². The lowest BCUT2D eigenvalue weighted by atomic mass is 10.0. The van der Waals surface area contributed by atoms with E-state index in [-0.39, 0.29) is 12.3 Å². The molecule has 1 amide bonds. The first kappa shape index (κ1) is 32.4. The van der Waals surface area contributed by atoms with E-state index in [0.717, 1.165) is 32.1 Å². The monoisotopic (exact) mass is 471 g/mol. The normalized spacial score (nSPS) is 14.2. The first-order valence-corrected chi connectivity index (χ1v) is 14.3. The first-order valence-electron chi connectivity index (χ1n) is 14.3. The second-order valence-electron chi connectivity index (χ2n) is 10.0. The number of hydrogen-bond acceptors (Lipinski definition) is 4. The summed E-state index contributed by atoms with van der Waals surface area (Å²) in [6.07, 6.45) is 21.1. The van der Waals surface area contributed by atoms with Gasteiger partial charge < -0.3 is 20.6 Å². The van der Waals surface area contributed by atoms with E-state index in [9.17, 15) is 20.1 Å². The van der Waals surface area contributed by atoms with Crippen molar-refractivity contribution >= 4 is 5.91 Å². The molecule has 5 nitrogen and oxygen atoms in total. The highest BCUT2D eigenvalue weighted by molar-refractivity contribution is 5.75. The van der Waals surface area contributed by atoms with Gasteiger partial charge in [0, 0.05) is 12.8 Å². The van der Waals surface area contributed by atoms with Gasteiger partial charge >= 0.3 is 0 Å². The number of amides is 1. The fourth-order valence-electron chi connectivity index (χ4n) is 4.33. The lowest BCUT2D eigenvalue weighted by Crippen LogP contribution is -2.40. The zero-order valence-electron chi connectivity index (χ0n) is 22.0. The highest BCUT2D eigenvalue weighted by Crippen LogP contribution is 2.15. The summed E-state index contributed by atoms with van der Waals surface area (Å²) in [5, 5.41) is 32.8. The predicted molar refractivity (Wildman–Crippen MR) is 139 cm³/mol. The summed E-state index contributed by atoms with van der Waals surface area (Å²) in [5.74, 6) is -0.182. The molecule has 0 saturated heterocycles. The largest absolute Gasteiger partial charge is 0.390 e. The lowest BCUT2D eigenvalue weighted by Gasteiger charge is -2.21. The molecule has 3 atom stereocenters. The van der Waals surface area contributed by atoms with E-state index >= 15 is 0 Å². The van der Waals surface area contributed by atoms with Crippen molar-refractivity contribution in [2.45, 2.75) is 174 Å². The molecule has 0 aromatic rings. The Bertz CT molecular complexity index is 419. The van der Waals surface area contributed by atoms with Crippen molar-refractivity contribution in [2.24, 2.45) is 0 Å². The lowest BCUT2D eigenvalue weighted by molar-refractivity contribution is -0.125. The molecule has 5 heteroatoms. The van der Waals surface area contributed by atoms with Gasteiger partial charge in [-0.2, -0.15) is 0 Å². The van der Waals surface area contributed by atoms with Crippen molar-refractivity contribution in [3.63, 3.8) is 0 Å². The second kappa shape index (κ2) is 24.5. The highest BCUT2D eigenvalue weighted by Gasteiger charge is 2.20. The molecule has 0 aliphatic heterocycles. The third-order valence-electron chi connectivity index (χ3n) is 6.60. The Kier molecular flexibility index (Phi) is 24.0. The van der Waals surface area contributed by atoms with E-state index in [1.54, 1.807) is 0 Å². The molecule has 0 aliphatic rings. The van der Waals surface area contributed by atoms with E-state index in [1.807, 2.05) is 0 Å². The zero-order valence-corrected chi connectivity index (χ0v) is 22.0. The van der Waals surface area contributed by atoms with E-state index in [1.165, 1.54) is 89.9 Å². The Morgan fingerprint density at radius 1 is 0.576 bits per heavy atom. The third-order valence-corrected chi connectivity index (χ3v) is 6.60. The summed E-state index contributed by atoms with van der Waals surface area (Å²) >= 11 is 0. The number of unbranched alkanes of at least 4 members (excludes halogenated alkanes) is 17. The Balaban J connectivity index is 3.59. The molecule has 198 valence electrons. The molecule has 0 rings (SSSR count). The van der Waals surface area contributed by atoms with Crippen molar-refractivity contribution in [1.29, 1.82) is 0 Å². The second-order valence-corrected chi connectivity index (χ2v) is 10.0. The molecule has 0 fully saturated rings. The molecule has 0 aromatic carbocycles. The number of rotatable bonds is 25. The summed E-state index contributed by atoms with van der Waals surface area (Å²) in [4.78, 5) is 11.9. The smallest absolute Gasteiger partial charge is 0.221 e. The minimum absolute atomic E-state index is 0.0256. The molecule has 0 aliphatic carbocycles. The Morgan fingerprint density at radius 3 is 1.42 bits per heavy atom. The molecule has 0 spiro atoms. The van der Waals surface area contributed by atoms with Crippen LogP contribution in [0.25, 0.3) is 0 Å². The number of aliphatic hydroxyl groups is 3. The van der Waals surface area contributed by atoms with Gasteiger partial charge in [-0.25, -0.2) is 0 Å². The van der Waals surface area contributed by atoms with Gasteiger partial charge in [-0.3, -0.25) is 4.79 Å². The fraction of sp³-hybridized carbons (Fsp3) is 0.964. The molecule has 3 unspecified atom stereocenters. The summed E-state index contributed by atoms with van der Waals surface area (Å²) in [6.45, 7) is 4.45. The first-order chi connectivity index (χ1) is 16.0. The summed E-state index contributed by atoms with van der Waals surface area (Å²) < 4.78 is 0. The van der Waals surface area contributed by atoms with Crippen LogP contribution in [-0.4, -0.2) is 39.7 Å². The minimum Gasteiger partial charge on any atom is -0.390 e. The topological polar surface area (TPSA) is 89.8 Å². The van der Waals surface area contributed by atoms with Crippen LogP contribution in [0.5, 0.6) is 0 Å². The summed E-state index contributed by atoms with van der Waals surface area (Å²) in [6, 6.07) is 0. The van der Waals surface area contributed by atoms with Crippen molar-refractivity contribution < 1.29 is 20.1 Å². The van der Waals surface area contributed by atoms with Crippen molar-refractivity contribution in [3.05, 3.63) is 0 Å². The van der Waals surface area contributed by atoms with Crippen LogP contribution in [-0.2, 0) is 4.79 Å². The molecule has 0 bridgehead atoms. The number of nitrogens with one attached hydrogen (secondary N) is 1. The Labute approximate surface area is 205 Å². The molecular weight excluding hydrogens is 414 g/mol. The van der Waals surface area contributed by atoms with Crippen molar-refractivity contribution in [2.75, 3.05) is 0 Å². The third kappa shape index (κ3) is 22.9. The van der Waals surface area contributed by atoms with E-state index in [2.05, 4.69) is 19.2 Å². The van der Waals surface area contributed by atoms with Crippen LogP contribution >= 0.6 is 0 Å². The van der Waals surface area contributed by atoms with Crippen molar-refractivity contribution in [1.82, 2.24) is 5.32 Å². The van der Waals surface area contributed by atoms with Crippen LogP contribution in [0.15, 0.2) is 0 Å². The molecule has 0 heterocycles. The zero-order chi connectivity index (χ0) is 24.6. The fourth-order valence-corrected chi connectivity index (χ4v) is 4.33. The Morgan fingerprint density at radius 2 is 0.970 bits per heavy atom. The summed E-state index contributed by atoms with van der Waals surface area (Å²) in [7, 11) is 0. The van der Waals surface area contributed by atoms with Gasteiger partial charge in [0.1, 0.15) is 6.23 Å². The SMILES string of the molecule is CCCCCCCCCCCCCCC(O)C(O)CC(O)NC(=O)CCCCCCCCC. The average Bonchev–Trinajstić information content (AvgIpc) is 2.78. The number of carbonyl (C=O) groups excluding carboxylic acids is 1. The maximum atomic E-state index is 11.9. The van der Waals surface area contributed by atoms with E-state index in [4.69, 9.17) is 0 Å². The summed E-state index contributed by atoms with van der Waals surface area (Å²) in [5.41, 5.74) is 0. The van der Waals surface area contributed by atoms with Gasteiger partial charge in [-0.05, 0) is 12.8 Å². The van der Waals surface area contributed by atoms with Gasteiger partial charge in [-0.15, -0.1) is 0 Å². The maximum absolute atomic E-state index is 11.9. The van der Waals surface area contributed by atoms with Crippen LogP contribution in [0.1, 0.15) is 155 Å².